The number of ether oxygens (including phenoxy) is 2. The van der Waals surface area contributed by atoms with E-state index in [-0.39, 0.29) is 26.2 Å². The molecule has 13 heavy (non-hydrogen) atoms. The van der Waals surface area contributed by atoms with Gasteiger partial charge in [-0.1, -0.05) is 0 Å². The third kappa shape index (κ3) is 7.27. The lowest BCUT2D eigenvalue weighted by Gasteiger charge is -2.03. The van der Waals surface area contributed by atoms with Gasteiger partial charge in [-0.25, -0.2) is 4.79 Å². The predicted molar refractivity (Wildman–Crippen MR) is 43.9 cm³/mol. The molecule has 0 aromatic carbocycles. The number of hydrogen-bond donors (Lipinski definition) is 1. The van der Waals surface area contributed by atoms with E-state index < -0.39 is 11.9 Å². The van der Waals surface area contributed by atoms with Crippen molar-refractivity contribution in [1.29, 1.82) is 0 Å². The van der Waals surface area contributed by atoms with Crippen molar-refractivity contribution in [1.82, 2.24) is 0 Å². The van der Waals surface area contributed by atoms with Crippen molar-refractivity contribution in [3.05, 3.63) is 0 Å². The van der Waals surface area contributed by atoms with Crippen molar-refractivity contribution in [2.45, 2.75) is 19.8 Å². The first-order valence-corrected chi connectivity index (χ1v) is 4.12. The number of aliphatic hydroxyl groups excluding tert-OH is 1. The van der Waals surface area contributed by atoms with E-state index in [1.54, 1.807) is 6.92 Å². The summed E-state index contributed by atoms with van der Waals surface area (Å²) in [6.45, 7) is 1.53. The van der Waals surface area contributed by atoms with Crippen molar-refractivity contribution in [3.8, 4) is 0 Å². The molecule has 0 heterocycles. The topological polar surface area (TPSA) is 72.8 Å². The first-order chi connectivity index (χ1) is 6.20. The van der Waals surface area contributed by atoms with E-state index in [0.717, 1.165) is 0 Å². The first kappa shape index (κ1) is 11.9. The maximum absolute atomic E-state index is 10.8. The van der Waals surface area contributed by atoms with Gasteiger partial charge in [0.25, 0.3) is 0 Å². The molecule has 0 saturated heterocycles. The molecule has 0 aliphatic rings. The van der Waals surface area contributed by atoms with Crippen LogP contribution in [0, 0.1) is 0 Å². The van der Waals surface area contributed by atoms with Crippen LogP contribution in [0.4, 0.5) is 0 Å². The lowest BCUT2D eigenvalue weighted by molar-refractivity contribution is -0.158. The van der Waals surface area contributed by atoms with Crippen LogP contribution in [-0.2, 0) is 19.1 Å². The Labute approximate surface area is 76.6 Å². The SMILES string of the molecule is CCOC(=O)COC(=O)CCCO. The summed E-state index contributed by atoms with van der Waals surface area (Å²) < 4.78 is 9.07. The normalized spacial score (nSPS) is 9.38. The minimum Gasteiger partial charge on any atom is -0.463 e. The molecule has 0 radical (unpaired) electrons. The van der Waals surface area contributed by atoms with Crippen LogP contribution in [0.25, 0.3) is 0 Å². The van der Waals surface area contributed by atoms with Crippen LogP contribution >= 0.6 is 0 Å². The number of esters is 2. The number of rotatable bonds is 6. The number of carbonyl (C=O) groups is 2. The molecule has 5 nitrogen and oxygen atoms in total. The Morgan fingerprint density at radius 2 is 1.92 bits per heavy atom. The van der Waals surface area contributed by atoms with Gasteiger partial charge in [0.15, 0.2) is 6.61 Å². The highest BCUT2D eigenvalue weighted by Gasteiger charge is 2.06. The monoisotopic (exact) mass is 190 g/mol. The Balaban J connectivity index is 3.40. The van der Waals surface area contributed by atoms with Gasteiger partial charge in [-0.2, -0.15) is 0 Å². The van der Waals surface area contributed by atoms with Crippen molar-refractivity contribution in [2.24, 2.45) is 0 Å². The molecular weight excluding hydrogens is 176 g/mol. The van der Waals surface area contributed by atoms with E-state index in [2.05, 4.69) is 9.47 Å². The lowest BCUT2D eigenvalue weighted by Crippen LogP contribution is -2.16. The van der Waals surface area contributed by atoms with Crippen molar-refractivity contribution >= 4 is 11.9 Å². The lowest BCUT2D eigenvalue weighted by atomic mass is 10.3. The summed E-state index contributed by atoms with van der Waals surface area (Å²) in [5, 5.41) is 8.38. The highest BCUT2D eigenvalue weighted by molar-refractivity contribution is 5.76. The van der Waals surface area contributed by atoms with E-state index in [4.69, 9.17) is 5.11 Å². The Morgan fingerprint density at radius 3 is 2.46 bits per heavy atom. The molecule has 0 unspecified atom stereocenters. The van der Waals surface area contributed by atoms with Gasteiger partial charge in [0, 0.05) is 13.0 Å². The second kappa shape index (κ2) is 7.54. The predicted octanol–water partition coefficient (Wildman–Crippen LogP) is -0.135. The fourth-order valence-electron chi connectivity index (χ4n) is 0.638. The molecule has 1 N–H and O–H groups in total. The molecule has 0 fully saturated rings. The fraction of sp³-hybridized carbons (Fsp3) is 0.750. The minimum absolute atomic E-state index is 0.0610. The molecule has 0 amide bonds. The summed E-state index contributed by atoms with van der Waals surface area (Å²) >= 11 is 0. The third-order valence-electron chi connectivity index (χ3n) is 1.20. The quantitative estimate of drug-likeness (QED) is 0.590. The molecule has 0 aliphatic heterocycles. The Kier molecular flexibility index (Phi) is 6.91. The Morgan fingerprint density at radius 1 is 1.23 bits per heavy atom. The van der Waals surface area contributed by atoms with Gasteiger partial charge in [0.05, 0.1) is 6.61 Å². The van der Waals surface area contributed by atoms with Crippen LogP contribution in [0.2, 0.25) is 0 Å². The van der Waals surface area contributed by atoms with E-state index in [0.29, 0.717) is 6.42 Å². The van der Waals surface area contributed by atoms with E-state index in [1.807, 2.05) is 0 Å². The molecule has 0 saturated carbocycles. The van der Waals surface area contributed by atoms with Crippen molar-refractivity contribution in [2.75, 3.05) is 19.8 Å². The average Bonchev–Trinajstić information content (AvgIpc) is 2.12. The minimum atomic E-state index is -0.556. The third-order valence-corrected chi connectivity index (χ3v) is 1.20. The molecule has 0 atom stereocenters. The Hall–Kier alpha value is -1.10. The summed E-state index contributed by atoms with van der Waals surface area (Å²) in [5.74, 6) is -1.05. The molecule has 0 aromatic rings. The summed E-state index contributed by atoms with van der Waals surface area (Å²) in [7, 11) is 0. The molecule has 5 heteroatoms. The van der Waals surface area contributed by atoms with E-state index in [9.17, 15) is 9.59 Å². The second-order valence-corrected chi connectivity index (χ2v) is 2.29. The molecular formula is C8H14O5. The average molecular weight is 190 g/mol. The summed E-state index contributed by atoms with van der Waals surface area (Å²) in [5.41, 5.74) is 0. The fourth-order valence-corrected chi connectivity index (χ4v) is 0.638. The zero-order valence-electron chi connectivity index (χ0n) is 7.62. The van der Waals surface area contributed by atoms with Crippen molar-refractivity contribution < 1.29 is 24.2 Å². The van der Waals surface area contributed by atoms with Gasteiger partial charge in [-0.15, -0.1) is 0 Å². The van der Waals surface area contributed by atoms with Crippen LogP contribution in [0.1, 0.15) is 19.8 Å². The van der Waals surface area contributed by atoms with Gasteiger partial charge in [-0.05, 0) is 13.3 Å². The summed E-state index contributed by atoms with van der Waals surface area (Å²) in [6.07, 6.45) is 0.470. The van der Waals surface area contributed by atoms with E-state index in [1.165, 1.54) is 0 Å². The molecule has 0 rings (SSSR count). The standard InChI is InChI=1S/C8H14O5/c1-2-12-8(11)6-13-7(10)4-3-5-9/h9H,2-6H2,1H3. The second-order valence-electron chi connectivity index (χ2n) is 2.29. The van der Waals surface area contributed by atoms with Gasteiger partial charge in [0.2, 0.25) is 0 Å². The highest BCUT2D eigenvalue weighted by atomic mass is 16.6. The summed E-state index contributed by atoms with van der Waals surface area (Å²) in [6, 6.07) is 0. The number of carbonyl (C=O) groups excluding carboxylic acids is 2. The maximum atomic E-state index is 10.8. The van der Waals surface area contributed by atoms with Gasteiger partial charge in [-0.3, -0.25) is 4.79 Å². The van der Waals surface area contributed by atoms with Crippen LogP contribution in [0.15, 0.2) is 0 Å². The number of aliphatic hydroxyl groups is 1. The van der Waals surface area contributed by atoms with Crippen molar-refractivity contribution in [3.63, 3.8) is 0 Å². The number of hydrogen-bond acceptors (Lipinski definition) is 5. The molecule has 0 aliphatic carbocycles. The van der Waals surface area contributed by atoms with Crippen LogP contribution < -0.4 is 0 Å². The summed E-state index contributed by atoms with van der Waals surface area (Å²) in [4.78, 5) is 21.4. The smallest absolute Gasteiger partial charge is 0.344 e. The van der Waals surface area contributed by atoms with Crippen LogP contribution in [-0.4, -0.2) is 36.9 Å². The zero-order chi connectivity index (χ0) is 10.1. The highest BCUT2D eigenvalue weighted by Crippen LogP contribution is 1.92. The Bertz CT molecular complexity index is 166. The first-order valence-electron chi connectivity index (χ1n) is 4.12. The largest absolute Gasteiger partial charge is 0.463 e. The van der Waals surface area contributed by atoms with Crippen LogP contribution in [0.3, 0.4) is 0 Å². The maximum Gasteiger partial charge on any atom is 0.344 e. The van der Waals surface area contributed by atoms with Gasteiger partial charge >= 0.3 is 11.9 Å². The molecule has 0 spiro atoms. The van der Waals surface area contributed by atoms with Gasteiger partial charge < -0.3 is 14.6 Å². The molecule has 76 valence electrons. The molecule has 0 bridgehead atoms. The van der Waals surface area contributed by atoms with E-state index >= 15 is 0 Å². The zero-order valence-corrected chi connectivity index (χ0v) is 7.62. The van der Waals surface area contributed by atoms with Gasteiger partial charge in [0.1, 0.15) is 0 Å². The van der Waals surface area contributed by atoms with Crippen LogP contribution in [0.5, 0.6) is 0 Å². The molecule has 0 aromatic heterocycles.